The fourth-order valence-corrected chi connectivity index (χ4v) is 2.39. The summed E-state index contributed by atoms with van der Waals surface area (Å²) in [5.41, 5.74) is 0.788. The van der Waals surface area contributed by atoms with Crippen LogP contribution in [0.2, 0.25) is 0 Å². The van der Waals surface area contributed by atoms with Gasteiger partial charge in [0.2, 0.25) is 5.12 Å². The van der Waals surface area contributed by atoms with Gasteiger partial charge in [-0.15, -0.1) is 0 Å². The third kappa shape index (κ3) is 2.54. The zero-order valence-corrected chi connectivity index (χ0v) is 9.97. The normalized spacial score (nSPS) is 16.5. The summed E-state index contributed by atoms with van der Waals surface area (Å²) in [5.74, 6) is -0.367. The van der Waals surface area contributed by atoms with E-state index in [1.165, 1.54) is 0 Å². The Labute approximate surface area is 99.1 Å². The third-order valence-corrected chi connectivity index (χ3v) is 3.19. The monoisotopic (exact) mass is 283 g/mol. The van der Waals surface area contributed by atoms with Crippen molar-refractivity contribution in [2.24, 2.45) is 4.99 Å². The molecule has 76 valence electrons. The first kappa shape index (κ1) is 10.6. The topological polar surface area (TPSA) is 46.5 Å². The Balaban J connectivity index is 2.39. The van der Waals surface area contributed by atoms with Gasteiger partial charge in [-0.25, -0.2) is 4.99 Å². The summed E-state index contributed by atoms with van der Waals surface area (Å²) in [6.07, 6.45) is -0.0951. The molecule has 2 rings (SSSR count). The molecule has 0 fully saturated rings. The highest BCUT2D eigenvalue weighted by Gasteiger charge is 2.21. The fraction of sp³-hybridized carbons (Fsp3) is 0.100. The van der Waals surface area contributed by atoms with Crippen LogP contribution in [-0.2, 0) is 9.59 Å². The number of rotatable bonds is 1. The number of thioether (sulfide) groups is 1. The molecule has 0 unspecified atom stereocenters. The average Bonchev–Trinajstić information content (AvgIpc) is 2.16. The number of carbonyl (C=O) groups excluding carboxylic acids is 2. The maximum atomic E-state index is 11.2. The number of benzene rings is 1. The number of hydrogen-bond acceptors (Lipinski definition) is 3. The van der Waals surface area contributed by atoms with Gasteiger partial charge in [-0.1, -0.05) is 28.1 Å². The maximum Gasteiger partial charge on any atom is 0.255 e. The molecule has 1 heterocycles. The lowest BCUT2D eigenvalue weighted by molar-refractivity contribution is -0.122. The Morgan fingerprint density at radius 3 is 2.80 bits per heavy atom. The van der Waals surface area contributed by atoms with Gasteiger partial charge < -0.3 is 0 Å². The van der Waals surface area contributed by atoms with E-state index in [9.17, 15) is 9.59 Å². The molecule has 0 saturated heterocycles. The van der Waals surface area contributed by atoms with Crippen LogP contribution in [-0.4, -0.2) is 16.1 Å². The van der Waals surface area contributed by atoms with E-state index in [1.807, 2.05) is 24.3 Å². The molecule has 3 nitrogen and oxygen atoms in total. The van der Waals surface area contributed by atoms with Gasteiger partial charge in [0.05, 0.1) is 6.42 Å². The molecular formula is C10H6BrNO2S. The maximum absolute atomic E-state index is 11.2. The molecule has 1 aromatic carbocycles. The van der Waals surface area contributed by atoms with Gasteiger partial charge in [-0.3, -0.25) is 9.59 Å². The van der Waals surface area contributed by atoms with E-state index < -0.39 is 0 Å². The van der Waals surface area contributed by atoms with Crippen LogP contribution >= 0.6 is 27.7 Å². The van der Waals surface area contributed by atoms with Crippen LogP contribution in [0.1, 0.15) is 12.0 Å². The summed E-state index contributed by atoms with van der Waals surface area (Å²) < 4.78 is 0.897. The molecule has 15 heavy (non-hydrogen) atoms. The summed E-state index contributed by atoms with van der Waals surface area (Å²) in [6, 6.07) is 7.37. The van der Waals surface area contributed by atoms with Gasteiger partial charge >= 0.3 is 0 Å². The summed E-state index contributed by atoms with van der Waals surface area (Å²) >= 11 is 4.35. The Morgan fingerprint density at radius 2 is 2.13 bits per heavy atom. The van der Waals surface area contributed by atoms with E-state index in [1.54, 1.807) is 0 Å². The lowest BCUT2D eigenvalue weighted by Gasteiger charge is -2.09. The highest BCUT2D eigenvalue weighted by atomic mass is 79.9. The number of carbonyl (C=O) groups is 2. The fourth-order valence-electron chi connectivity index (χ4n) is 1.19. The van der Waals surface area contributed by atoms with Crippen LogP contribution in [0, 0.1) is 0 Å². The van der Waals surface area contributed by atoms with Crippen LogP contribution in [0.25, 0.3) is 0 Å². The molecule has 1 aliphatic heterocycles. The number of amides is 1. The van der Waals surface area contributed by atoms with Crippen molar-refractivity contribution < 1.29 is 9.59 Å². The van der Waals surface area contributed by atoms with Crippen molar-refractivity contribution in [1.82, 2.24) is 0 Å². The molecule has 0 bridgehead atoms. The minimum absolute atomic E-state index is 0.0951. The smallest absolute Gasteiger partial charge is 0.255 e. The van der Waals surface area contributed by atoms with E-state index in [4.69, 9.17) is 0 Å². The van der Waals surface area contributed by atoms with Gasteiger partial charge in [0.25, 0.3) is 5.91 Å². The molecule has 1 amide bonds. The van der Waals surface area contributed by atoms with Crippen molar-refractivity contribution >= 4 is 43.8 Å². The summed E-state index contributed by atoms with van der Waals surface area (Å²) in [5, 5.41) is 0.336. The quantitative estimate of drug-likeness (QED) is 0.744. The van der Waals surface area contributed by atoms with E-state index in [0.717, 1.165) is 21.8 Å². The number of aliphatic imine (C=N–C) groups is 1. The largest absolute Gasteiger partial charge is 0.286 e. The zero-order chi connectivity index (χ0) is 10.8. The van der Waals surface area contributed by atoms with Gasteiger partial charge in [-0.2, -0.15) is 0 Å². The second kappa shape index (κ2) is 4.28. The van der Waals surface area contributed by atoms with E-state index in [2.05, 4.69) is 20.9 Å². The van der Waals surface area contributed by atoms with Crippen molar-refractivity contribution in [2.45, 2.75) is 6.42 Å². The van der Waals surface area contributed by atoms with Crippen LogP contribution in [0.15, 0.2) is 33.7 Å². The average molecular weight is 284 g/mol. The molecule has 1 aliphatic rings. The van der Waals surface area contributed by atoms with Gasteiger partial charge in [0.15, 0.2) is 0 Å². The van der Waals surface area contributed by atoms with E-state index in [-0.39, 0.29) is 17.4 Å². The highest BCUT2D eigenvalue weighted by molar-refractivity contribution is 9.10. The van der Waals surface area contributed by atoms with Crippen molar-refractivity contribution in [3.63, 3.8) is 0 Å². The second-order valence-electron chi connectivity index (χ2n) is 2.97. The first-order chi connectivity index (χ1) is 7.15. The first-order valence-electron chi connectivity index (χ1n) is 4.23. The zero-order valence-electron chi connectivity index (χ0n) is 7.57. The molecule has 0 atom stereocenters. The van der Waals surface area contributed by atoms with Gasteiger partial charge in [0.1, 0.15) is 5.04 Å². The lowest BCUT2D eigenvalue weighted by Crippen LogP contribution is -2.14. The number of hydrogen-bond donors (Lipinski definition) is 0. The van der Waals surface area contributed by atoms with E-state index in [0.29, 0.717) is 5.04 Å². The third-order valence-electron chi connectivity index (χ3n) is 1.80. The molecule has 0 aliphatic carbocycles. The minimum Gasteiger partial charge on any atom is -0.286 e. The predicted molar refractivity (Wildman–Crippen MR) is 62.9 cm³/mol. The molecule has 0 saturated carbocycles. The lowest BCUT2D eigenvalue weighted by atomic mass is 10.2. The molecule has 0 N–H and O–H groups in total. The van der Waals surface area contributed by atoms with Crippen LogP contribution in [0.4, 0.5) is 0 Å². The Bertz CT molecular complexity index is 470. The highest BCUT2D eigenvalue weighted by Crippen LogP contribution is 2.23. The van der Waals surface area contributed by atoms with Crippen LogP contribution in [0.3, 0.4) is 0 Å². The first-order valence-corrected chi connectivity index (χ1v) is 5.84. The standard InChI is InChI=1S/C10H6BrNO2S/c11-7-3-1-2-6(4-7)10-12-8(13)5-9(14)15-10/h1-4H,5H2. The number of halogens is 1. The molecule has 5 heteroatoms. The van der Waals surface area contributed by atoms with Crippen molar-refractivity contribution in [3.8, 4) is 0 Å². The second-order valence-corrected chi connectivity index (χ2v) is 4.93. The van der Waals surface area contributed by atoms with Gasteiger partial charge in [0, 0.05) is 10.0 Å². The van der Waals surface area contributed by atoms with Crippen molar-refractivity contribution in [3.05, 3.63) is 34.3 Å². The Hall–Kier alpha value is -0.940. The van der Waals surface area contributed by atoms with Crippen LogP contribution in [0.5, 0.6) is 0 Å². The molecular weight excluding hydrogens is 278 g/mol. The molecule has 1 aromatic rings. The Kier molecular flexibility index (Phi) is 3.02. The summed E-state index contributed by atoms with van der Waals surface area (Å²) in [7, 11) is 0. The van der Waals surface area contributed by atoms with Crippen molar-refractivity contribution in [2.75, 3.05) is 0 Å². The van der Waals surface area contributed by atoms with Gasteiger partial charge in [-0.05, 0) is 23.9 Å². The Morgan fingerprint density at radius 1 is 1.33 bits per heavy atom. The SMILES string of the molecule is O=C1CC(=O)SC(c2cccc(Br)c2)=N1. The summed E-state index contributed by atoms with van der Waals surface area (Å²) in [6.45, 7) is 0. The molecule has 0 radical (unpaired) electrons. The minimum atomic E-state index is -0.367. The predicted octanol–water partition coefficient (Wildman–Crippen LogP) is 2.39. The summed E-state index contributed by atoms with van der Waals surface area (Å²) in [4.78, 5) is 26.1. The molecule has 0 spiro atoms. The van der Waals surface area contributed by atoms with Crippen LogP contribution < -0.4 is 0 Å². The number of nitrogens with zero attached hydrogens (tertiary/aromatic N) is 1. The molecule has 0 aromatic heterocycles. The van der Waals surface area contributed by atoms with E-state index >= 15 is 0 Å². The van der Waals surface area contributed by atoms with Crippen molar-refractivity contribution in [1.29, 1.82) is 0 Å².